The Hall–Kier alpha value is -2.68. The molecule has 0 spiro atoms. The minimum atomic E-state index is -0.811. The van der Waals surface area contributed by atoms with Crippen LogP contribution in [-0.2, 0) is 9.59 Å². The van der Waals surface area contributed by atoms with Crippen molar-refractivity contribution < 1.29 is 14.7 Å². The summed E-state index contributed by atoms with van der Waals surface area (Å²) in [5, 5.41) is 19.9. The van der Waals surface area contributed by atoms with Crippen LogP contribution in [0.5, 0.6) is 0 Å². The molecular weight excluding hydrogens is 430 g/mol. The summed E-state index contributed by atoms with van der Waals surface area (Å²) in [5.41, 5.74) is 1.09. The number of carbonyl (C=O) groups excluding carboxylic acids is 2. The number of aromatic nitrogens is 2. The first-order valence-corrected chi connectivity index (χ1v) is 10.9. The minimum absolute atomic E-state index is 0.00410. The van der Waals surface area contributed by atoms with Gasteiger partial charge in [0.05, 0.1) is 11.6 Å². The lowest BCUT2D eigenvalue weighted by molar-refractivity contribution is -0.132. The van der Waals surface area contributed by atoms with Crippen LogP contribution in [0.4, 0.5) is 5.13 Å². The number of benzene rings is 2. The average Bonchev–Trinajstić information content (AvgIpc) is 3.31. The number of thioether (sulfide) groups is 1. The SMILES string of the molecule is CSc1nnc(N2C(=O)C(=O)/C(=C(/O)c3ccc(Cl)cc3)[C@@H]2c2ccccc2)s1. The second-order valence-electron chi connectivity index (χ2n) is 6.14. The van der Waals surface area contributed by atoms with Gasteiger partial charge in [-0.15, -0.1) is 10.2 Å². The van der Waals surface area contributed by atoms with E-state index < -0.39 is 17.7 Å². The average molecular weight is 444 g/mol. The van der Waals surface area contributed by atoms with E-state index >= 15 is 0 Å². The fourth-order valence-corrected chi connectivity index (χ4v) is 4.54. The lowest BCUT2D eigenvalue weighted by atomic mass is 9.95. The van der Waals surface area contributed by atoms with Gasteiger partial charge in [-0.2, -0.15) is 0 Å². The van der Waals surface area contributed by atoms with Crippen molar-refractivity contribution in [3.8, 4) is 0 Å². The molecule has 29 heavy (non-hydrogen) atoms. The van der Waals surface area contributed by atoms with Gasteiger partial charge >= 0.3 is 5.91 Å². The second kappa shape index (κ2) is 7.98. The predicted molar refractivity (Wildman–Crippen MR) is 114 cm³/mol. The smallest absolute Gasteiger partial charge is 0.301 e. The molecule has 1 aliphatic heterocycles. The molecule has 1 aliphatic rings. The maximum absolute atomic E-state index is 12.9. The van der Waals surface area contributed by atoms with E-state index in [0.29, 0.717) is 25.6 Å². The van der Waals surface area contributed by atoms with Crippen LogP contribution in [0.1, 0.15) is 17.2 Å². The fraction of sp³-hybridized carbons (Fsp3) is 0.100. The molecule has 1 amide bonds. The summed E-state index contributed by atoms with van der Waals surface area (Å²) in [6, 6.07) is 14.7. The molecule has 6 nitrogen and oxygen atoms in total. The number of ketones is 1. The largest absolute Gasteiger partial charge is 0.507 e. The first-order valence-electron chi connectivity index (χ1n) is 8.50. The molecular formula is C20H14ClN3O3S2. The quantitative estimate of drug-likeness (QED) is 0.209. The van der Waals surface area contributed by atoms with Crippen LogP contribution < -0.4 is 4.90 Å². The number of hydrogen-bond acceptors (Lipinski definition) is 7. The highest BCUT2D eigenvalue weighted by Crippen LogP contribution is 2.43. The molecule has 1 fully saturated rings. The third kappa shape index (κ3) is 3.55. The Morgan fingerprint density at radius 1 is 1.10 bits per heavy atom. The zero-order valence-corrected chi connectivity index (χ0v) is 17.5. The van der Waals surface area contributed by atoms with E-state index in [9.17, 15) is 14.7 Å². The van der Waals surface area contributed by atoms with Crippen molar-refractivity contribution in [3.63, 3.8) is 0 Å². The Labute approximate surface area is 179 Å². The first-order chi connectivity index (χ1) is 14.0. The molecule has 2 heterocycles. The monoisotopic (exact) mass is 443 g/mol. The Morgan fingerprint density at radius 2 is 1.79 bits per heavy atom. The number of halogens is 1. The summed E-state index contributed by atoms with van der Waals surface area (Å²) in [4.78, 5) is 27.2. The molecule has 0 bridgehead atoms. The molecule has 0 saturated carbocycles. The highest BCUT2D eigenvalue weighted by atomic mass is 35.5. The lowest BCUT2D eigenvalue weighted by Crippen LogP contribution is -2.29. The Kier molecular flexibility index (Phi) is 5.40. The zero-order chi connectivity index (χ0) is 20.5. The molecule has 4 rings (SSSR count). The normalized spacial score (nSPS) is 18.4. The summed E-state index contributed by atoms with van der Waals surface area (Å²) < 4.78 is 0.673. The molecule has 1 atom stereocenters. The molecule has 1 aromatic heterocycles. The standard InChI is InChI=1S/C20H14ClN3O3S2/c1-28-20-23-22-19(29-20)24-15(11-5-3-2-4-6-11)14(17(26)18(24)27)16(25)12-7-9-13(21)10-8-12/h2-10,15,25H,1H3/b16-14+/t15-/m0/s1. The Bertz CT molecular complexity index is 1110. The first kappa shape index (κ1) is 19.6. The predicted octanol–water partition coefficient (Wildman–Crippen LogP) is 4.54. The van der Waals surface area contributed by atoms with Gasteiger partial charge in [-0.25, -0.2) is 0 Å². The number of aliphatic hydroxyl groups excluding tert-OH is 1. The number of anilines is 1. The van der Waals surface area contributed by atoms with E-state index in [2.05, 4.69) is 10.2 Å². The van der Waals surface area contributed by atoms with E-state index in [4.69, 9.17) is 11.6 Å². The van der Waals surface area contributed by atoms with Crippen LogP contribution in [0, 0.1) is 0 Å². The number of carbonyl (C=O) groups is 2. The van der Waals surface area contributed by atoms with Crippen molar-refractivity contribution in [2.75, 3.05) is 11.2 Å². The van der Waals surface area contributed by atoms with Crippen molar-refractivity contribution in [2.45, 2.75) is 10.4 Å². The van der Waals surface area contributed by atoms with Gasteiger partial charge in [0.2, 0.25) is 5.13 Å². The molecule has 9 heteroatoms. The topological polar surface area (TPSA) is 83.4 Å². The zero-order valence-electron chi connectivity index (χ0n) is 15.1. The number of rotatable bonds is 4. The Balaban J connectivity index is 1.91. The molecule has 2 aromatic carbocycles. The number of Topliss-reactive ketones (excluding diaryl/α,β-unsaturated/α-hetero) is 1. The lowest BCUT2D eigenvalue weighted by Gasteiger charge is -2.22. The van der Waals surface area contributed by atoms with E-state index in [1.165, 1.54) is 28.0 Å². The third-order valence-corrected chi connectivity index (χ3v) is 6.60. The van der Waals surface area contributed by atoms with Gasteiger partial charge < -0.3 is 5.11 Å². The molecule has 0 aliphatic carbocycles. The third-order valence-electron chi connectivity index (χ3n) is 4.45. The van der Waals surface area contributed by atoms with Crippen molar-refractivity contribution in [2.24, 2.45) is 0 Å². The van der Waals surface area contributed by atoms with Gasteiger partial charge in [-0.1, -0.05) is 65.0 Å². The molecule has 0 radical (unpaired) electrons. The van der Waals surface area contributed by atoms with Crippen LogP contribution in [-0.4, -0.2) is 33.3 Å². The maximum Gasteiger partial charge on any atom is 0.301 e. The van der Waals surface area contributed by atoms with Crippen molar-refractivity contribution >= 4 is 57.3 Å². The van der Waals surface area contributed by atoms with Crippen LogP contribution in [0.3, 0.4) is 0 Å². The molecule has 1 N–H and O–H groups in total. The van der Waals surface area contributed by atoms with Crippen molar-refractivity contribution in [3.05, 3.63) is 76.3 Å². The minimum Gasteiger partial charge on any atom is -0.507 e. The van der Waals surface area contributed by atoms with Crippen molar-refractivity contribution in [1.29, 1.82) is 0 Å². The second-order valence-corrected chi connectivity index (χ2v) is 8.59. The van der Waals surface area contributed by atoms with Gasteiger partial charge in [0.25, 0.3) is 5.78 Å². The molecule has 146 valence electrons. The van der Waals surface area contributed by atoms with Gasteiger partial charge in [0, 0.05) is 10.6 Å². The van der Waals surface area contributed by atoms with E-state index in [1.54, 1.807) is 36.4 Å². The van der Waals surface area contributed by atoms with E-state index in [-0.39, 0.29) is 11.3 Å². The highest BCUT2D eigenvalue weighted by molar-refractivity contribution is 8.00. The Morgan fingerprint density at radius 3 is 2.41 bits per heavy atom. The summed E-state index contributed by atoms with van der Waals surface area (Å²) in [6.45, 7) is 0. The number of hydrogen-bond donors (Lipinski definition) is 1. The van der Waals surface area contributed by atoms with Crippen LogP contribution in [0.2, 0.25) is 5.02 Å². The van der Waals surface area contributed by atoms with Crippen LogP contribution in [0.25, 0.3) is 5.76 Å². The fourth-order valence-electron chi connectivity index (χ4n) is 3.13. The van der Waals surface area contributed by atoms with E-state index in [0.717, 1.165) is 0 Å². The number of aliphatic hydroxyl groups is 1. The highest BCUT2D eigenvalue weighted by Gasteiger charge is 2.48. The maximum atomic E-state index is 12.9. The van der Waals surface area contributed by atoms with Gasteiger partial charge in [-0.05, 0) is 36.1 Å². The molecule has 3 aromatic rings. The molecule has 1 saturated heterocycles. The summed E-state index contributed by atoms with van der Waals surface area (Å²) in [5.74, 6) is -1.78. The van der Waals surface area contributed by atoms with Gasteiger partial charge in [0.15, 0.2) is 4.34 Å². The number of amides is 1. The van der Waals surface area contributed by atoms with Crippen molar-refractivity contribution in [1.82, 2.24) is 10.2 Å². The number of nitrogens with zero attached hydrogens (tertiary/aromatic N) is 3. The van der Waals surface area contributed by atoms with Crippen LogP contribution >= 0.6 is 34.7 Å². The van der Waals surface area contributed by atoms with Crippen LogP contribution in [0.15, 0.2) is 64.5 Å². The molecule has 0 unspecified atom stereocenters. The van der Waals surface area contributed by atoms with Gasteiger partial charge in [0.1, 0.15) is 5.76 Å². The van der Waals surface area contributed by atoms with E-state index in [1.807, 2.05) is 24.5 Å². The summed E-state index contributed by atoms with van der Waals surface area (Å²) in [6.07, 6.45) is 1.85. The summed E-state index contributed by atoms with van der Waals surface area (Å²) in [7, 11) is 0. The summed E-state index contributed by atoms with van der Waals surface area (Å²) >= 11 is 8.55. The van der Waals surface area contributed by atoms with Gasteiger partial charge in [-0.3, -0.25) is 14.5 Å².